The second-order valence-electron chi connectivity index (χ2n) is 3.18. The predicted molar refractivity (Wildman–Crippen MR) is 55.1 cm³/mol. The molecular weight excluding hydrogens is 182 g/mol. The molecule has 4 heteroatoms. The van der Waals surface area contributed by atoms with Gasteiger partial charge < -0.3 is 14.8 Å². The minimum Gasteiger partial charge on any atom is -0.375 e. The van der Waals surface area contributed by atoms with Gasteiger partial charge in [-0.2, -0.15) is 0 Å². The molecule has 0 saturated heterocycles. The van der Waals surface area contributed by atoms with Crippen molar-refractivity contribution in [3.63, 3.8) is 0 Å². The Hall–Kier alpha value is -0.870. The lowest BCUT2D eigenvalue weighted by Gasteiger charge is -2.10. The van der Waals surface area contributed by atoms with Crippen LogP contribution in [-0.4, -0.2) is 38.9 Å². The molecule has 0 radical (unpaired) electrons. The highest BCUT2D eigenvalue weighted by molar-refractivity contribution is 5.80. The number of ether oxygens (including phenoxy) is 2. The standard InChI is InChI=1S/C10H19NO3/c1-8(2)7-14-6-5-11-10(12)9(3)13-4/h9H,1,5-7H2,2-4H3,(H,11,12). The smallest absolute Gasteiger partial charge is 0.248 e. The highest BCUT2D eigenvalue weighted by atomic mass is 16.5. The summed E-state index contributed by atoms with van der Waals surface area (Å²) in [5, 5.41) is 2.69. The van der Waals surface area contributed by atoms with Crippen LogP contribution < -0.4 is 5.32 Å². The van der Waals surface area contributed by atoms with Crippen LogP contribution >= 0.6 is 0 Å². The molecule has 1 N–H and O–H groups in total. The van der Waals surface area contributed by atoms with Gasteiger partial charge in [-0.05, 0) is 13.8 Å². The Morgan fingerprint density at radius 1 is 1.57 bits per heavy atom. The van der Waals surface area contributed by atoms with Crippen LogP contribution in [-0.2, 0) is 14.3 Å². The minimum atomic E-state index is -0.406. The number of methoxy groups -OCH3 is 1. The van der Waals surface area contributed by atoms with Gasteiger partial charge in [0, 0.05) is 13.7 Å². The fourth-order valence-electron chi connectivity index (χ4n) is 0.744. The quantitative estimate of drug-likeness (QED) is 0.488. The van der Waals surface area contributed by atoms with Gasteiger partial charge >= 0.3 is 0 Å². The van der Waals surface area contributed by atoms with Crippen LogP contribution in [0.2, 0.25) is 0 Å². The molecule has 0 aliphatic heterocycles. The van der Waals surface area contributed by atoms with E-state index in [2.05, 4.69) is 11.9 Å². The van der Waals surface area contributed by atoms with Crippen LogP contribution in [0.5, 0.6) is 0 Å². The van der Waals surface area contributed by atoms with Crippen LogP contribution in [0, 0.1) is 0 Å². The molecule has 1 unspecified atom stereocenters. The minimum absolute atomic E-state index is 0.119. The van der Waals surface area contributed by atoms with Gasteiger partial charge in [-0.3, -0.25) is 4.79 Å². The number of carbonyl (C=O) groups is 1. The van der Waals surface area contributed by atoms with Crippen LogP contribution in [0.1, 0.15) is 13.8 Å². The maximum Gasteiger partial charge on any atom is 0.248 e. The Morgan fingerprint density at radius 2 is 2.21 bits per heavy atom. The van der Waals surface area contributed by atoms with Gasteiger partial charge in [0.1, 0.15) is 6.10 Å². The van der Waals surface area contributed by atoms with E-state index in [4.69, 9.17) is 9.47 Å². The molecule has 0 rings (SSSR count). The largest absolute Gasteiger partial charge is 0.375 e. The fourth-order valence-corrected chi connectivity index (χ4v) is 0.744. The second-order valence-corrected chi connectivity index (χ2v) is 3.18. The van der Waals surface area contributed by atoms with E-state index in [1.54, 1.807) is 6.92 Å². The van der Waals surface area contributed by atoms with Gasteiger partial charge in [0.2, 0.25) is 5.91 Å². The molecule has 0 aromatic heterocycles. The number of nitrogens with one attached hydrogen (secondary N) is 1. The van der Waals surface area contributed by atoms with Crippen LogP contribution in [0.15, 0.2) is 12.2 Å². The van der Waals surface area contributed by atoms with Gasteiger partial charge in [-0.15, -0.1) is 0 Å². The van der Waals surface area contributed by atoms with Crippen molar-refractivity contribution >= 4 is 5.91 Å². The first-order valence-corrected chi connectivity index (χ1v) is 4.60. The molecule has 14 heavy (non-hydrogen) atoms. The first kappa shape index (κ1) is 13.1. The molecule has 1 amide bonds. The molecule has 0 aromatic carbocycles. The fraction of sp³-hybridized carbons (Fsp3) is 0.700. The maximum atomic E-state index is 11.2. The first-order valence-electron chi connectivity index (χ1n) is 4.60. The topological polar surface area (TPSA) is 47.6 Å². The summed E-state index contributed by atoms with van der Waals surface area (Å²) in [7, 11) is 1.50. The van der Waals surface area contributed by atoms with Gasteiger partial charge in [0.15, 0.2) is 0 Å². The summed E-state index contributed by atoms with van der Waals surface area (Å²) in [6.45, 7) is 8.82. The van der Waals surface area contributed by atoms with E-state index >= 15 is 0 Å². The SMILES string of the molecule is C=C(C)COCCNC(=O)C(C)OC. The third kappa shape index (κ3) is 6.62. The lowest BCUT2D eigenvalue weighted by molar-refractivity contribution is -0.130. The van der Waals surface area contributed by atoms with Crippen molar-refractivity contribution in [2.24, 2.45) is 0 Å². The summed E-state index contributed by atoms with van der Waals surface area (Å²) in [6.07, 6.45) is -0.406. The Kier molecular flexibility index (Phi) is 7.06. The predicted octanol–water partition coefficient (Wildman–Crippen LogP) is 0.730. The number of hydrogen-bond donors (Lipinski definition) is 1. The Labute approximate surface area is 85.3 Å². The van der Waals surface area contributed by atoms with Crippen LogP contribution in [0.3, 0.4) is 0 Å². The van der Waals surface area contributed by atoms with E-state index < -0.39 is 6.10 Å². The molecule has 0 aromatic rings. The summed E-state index contributed by atoms with van der Waals surface area (Å²) in [5.74, 6) is -0.119. The third-order valence-corrected chi connectivity index (χ3v) is 1.62. The zero-order valence-electron chi connectivity index (χ0n) is 9.13. The zero-order chi connectivity index (χ0) is 11.0. The molecule has 0 heterocycles. The van der Waals surface area contributed by atoms with Gasteiger partial charge in [-0.1, -0.05) is 12.2 Å². The molecule has 1 atom stereocenters. The van der Waals surface area contributed by atoms with Crippen molar-refractivity contribution in [2.75, 3.05) is 26.9 Å². The van der Waals surface area contributed by atoms with Crippen molar-refractivity contribution in [1.82, 2.24) is 5.32 Å². The molecule has 0 aliphatic rings. The van der Waals surface area contributed by atoms with Crippen molar-refractivity contribution in [3.05, 3.63) is 12.2 Å². The monoisotopic (exact) mass is 201 g/mol. The van der Waals surface area contributed by atoms with Crippen molar-refractivity contribution in [1.29, 1.82) is 0 Å². The number of carbonyl (C=O) groups excluding carboxylic acids is 1. The molecule has 0 saturated carbocycles. The number of rotatable bonds is 7. The summed E-state index contributed by atoms with van der Waals surface area (Å²) in [6, 6.07) is 0. The van der Waals surface area contributed by atoms with E-state index in [-0.39, 0.29) is 5.91 Å². The Morgan fingerprint density at radius 3 is 2.71 bits per heavy atom. The molecule has 0 spiro atoms. The maximum absolute atomic E-state index is 11.2. The van der Waals surface area contributed by atoms with Gasteiger partial charge in [0.05, 0.1) is 13.2 Å². The van der Waals surface area contributed by atoms with E-state index in [0.717, 1.165) is 5.57 Å². The van der Waals surface area contributed by atoms with Gasteiger partial charge in [0.25, 0.3) is 0 Å². The van der Waals surface area contributed by atoms with Crippen LogP contribution in [0.4, 0.5) is 0 Å². The highest BCUT2D eigenvalue weighted by Crippen LogP contribution is 1.88. The molecule has 0 bridgehead atoms. The van der Waals surface area contributed by atoms with Crippen molar-refractivity contribution < 1.29 is 14.3 Å². The zero-order valence-corrected chi connectivity index (χ0v) is 9.13. The molecule has 0 aliphatic carbocycles. The van der Waals surface area contributed by atoms with Crippen molar-refractivity contribution in [2.45, 2.75) is 20.0 Å². The van der Waals surface area contributed by atoms with Crippen LogP contribution in [0.25, 0.3) is 0 Å². The lowest BCUT2D eigenvalue weighted by Crippen LogP contribution is -2.35. The average molecular weight is 201 g/mol. The number of amides is 1. The van der Waals surface area contributed by atoms with Gasteiger partial charge in [-0.25, -0.2) is 0 Å². The molecule has 0 fully saturated rings. The molecule has 4 nitrogen and oxygen atoms in total. The van der Waals surface area contributed by atoms with Crippen molar-refractivity contribution in [3.8, 4) is 0 Å². The lowest BCUT2D eigenvalue weighted by atomic mass is 10.4. The molecule has 82 valence electrons. The molecular formula is C10H19NO3. The normalized spacial score (nSPS) is 12.2. The number of hydrogen-bond acceptors (Lipinski definition) is 3. The second kappa shape index (κ2) is 7.53. The highest BCUT2D eigenvalue weighted by Gasteiger charge is 2.09. The third-order valence-electron chi connectivity index (χ3n) is 1.62. The Balaban J connectivity index is 3.36. The Bertz CT molecular complexity index is 192. The first-order chi connectivity index (χ1) is 6.57. The summed E-state index contributed by atoms with van der Waals surface area (Å²) in [4.78, 5) is 11.2. The van der Waals surface area contributed by atoms with E-state index in [1.165, 1.54) is 7.11 Å². The summed E-state index contributed by atoms with van der Waals surface area (Å²) >= 11 is 0. The summed E-state index contributed by atoms with van der Waals surface area (Å²) in [5.41, 5.74) is 0.974. The average Bonchev–Trinajstić information content (AvgIpc) is 2.15. The summed E-state index contributed by atoms with van der Waals surface area (Å²) < 4.78 is 10.0. The van der Waals surface area contributed by atoms with E-state index in [0.29, 0.717) is 19.8 Å². The van der Waals surface area contributed by atoms with E-state index in [9.17, 15) is 4.79 Å². The van der Waals surface area contributed by atoms with E-state index in [1.807, 2.05) is 6.92 Å².